The molecule has 2 unspecified atom stereocenters. The molecule has 0 aliphatic heterocycles. The summed E-state index contributed by atoms with van der Waals surface area (Å²) in [5.74, 6) is 0. The third-order valence-corrected chi connectivity index (χ3v) is 7.65. The molecule has 134 valence electrons. The van der Waals surface area contributed by atoms with Gasteiger partial charge in [-0.2, -0.15) is 4.31 Å². The van der Waals surface area contributed by atoms with Crippen molar-refractivity contribution in [3.05, 3.63) is 0 Å². The first-order chi connectivity index (χ1) is 9.80. The van der Waals surface area contributed by atoms with E-state index in [1.165, 1.54) is 11.4 Å². The molecule has 0 aromatic heterocycles. The normalized spacial score (nSPS) is 17.7. The third kappa shape index (κ3) is 6.14. The molecule has 0 fully saturated rings. The lowest BCUT2D eigenvalue weighted by atomic mass is 9.91. The van der Waals surface area contributed by atoms with Crippen LogP contribution in [0.5, 0.6) is 0 Å². The monoisotopic (exact) mass is 356 g/mol. The van der Waals surface area contributed by atoms with Crippen LogP contribution in [-0.2, 0) is 20.0 Å². The average Bonchev–Trinajstić information content (AvgIpc) is 2.34. The first-order valence-electron chi connectivity index (χ1n) is 7.75. The lowest BCUT2D eigenvalue weighted by Crippen LogP contribution is -2.51. The van der Waals surface area contributed by atoms with Gasteiger partial charge in [0.25, 0.3) is 0 Å². The van der Waals surface area contributed by atoms with Crippen LogP contribution in [0, 0.1) is 0 Å². The fourth-order valence-electron chi connectivity index (χ4n) is 2.50. The Morgan fingerprint density at radius 3 is 1.95 bits per heavy atom. The number of nitrogens with one attached hydrogen (secondary N) is 1. The SMILES string of the molecule is CCCC(CC(C)(CC)N(C)S(C)(=O)=O)S(=O)(=O)NC(C)C. The molecule has 0 spiro atoms. The number of nitrogens with zero attached hydrogens (tertiary/aromatic N) is 1. The van der Waals surface area contributed by atoms with Crippen LogP contribution < -0.4 is 4.72 Å². The Morgan fingerprint density at radius 2 is 1.64 bits per heavy atom. The molecule has 1 N–H and O–H groups in total. The van der Waals surface area contributed by atoms with Crippen LogP contribution in [-0.4, -0.2) is 51.3 Å². The number of sulfonamides is 2. The zero-order valence-corrected chi connectivity index (χ0v) is 16.5. The van der Waals surface area contributed by atoms with E-state index in [1.54, 1.807) is 13.8 Å². The highest BCUT2D eigenvalue weighted by Gasteiger charge is 2.39. The number of rotatable bonds is 10. The third-order valence-electron chi connectivity index (χ3n) is 4.14. The lowest BCUT2D eigenvalue weighted by molar-refractivity contribution is 0.211. The Bertz CT molecular complexity index is 543. The van der Waals surface area contributed by atoms with Crippen LogP contribution in [0.1, 0.15) is 60.3 Å². The molecule has 0 heterocycles. The van der Waals surface area contributed by atoms with Crippen molar-refractivity contribution in [2.45, 2.75) is 77.1 Å². The minimum Gasteiger partial charge on any atom is -0.212 e. The molecule has 2 atom stereocenters. The summed E-state index contributed by atoms with van der Waals surface area (Å²) in [7, 11) is -5.34. The Kier molecular flexibility index (Phi) is 8.01. The molecule has 0 aliphatic rings. The highest BCUT2D eigenvalue weighted by atomic mass is 32.2. The van der Waals surface area contributed by atoms with Gasteiger partial charge in [-0.15, -0.1) is 0 Å². The lowest BCUT2D eigenvalue weighted by Gasteiger charge is -2.39. The van der Waals surface area contributed by atoms with E-state index in [0.717, 1.165) is 12.7 Å². The highest BCUT2D eigenvalue weighted by molar-refractivity contribution is 7.90. The molecule has 0 aromatic rings. The van der Waals surface area contributed by atoms with Gasteiger partial charge in [-0.05, 0) is 40.0 Å². The van der Waals surface area contributed by atoms with Gasteiger partial charge >= 0.3 is 0 Å². The zero-order chi connectivity index (χ0) is 17.8. The van der Waals surface area contributed by atoms with Crippen molar-refractivity contribution in [2.24, 2.45) is 0 Å². The maximum Gasteiger partial charge on any atom is 0.214 e. The molecule has 0 saturated carbocycles. The van der Waals surface area contributed by atoms with Crippen molar-refractivity contribution in [3.8, 4) is 0 Å². The minimum absolute atomic E-state index is 0.176. The number of hydrogen-bond acceptors (Lipinski definition) is 4. The summed E-state index contributed by atoms with van der Waals surface area (Å²) >= 11 is 0. The standard InChI is InChI=1S/C14H32N2O4S2/c1-8-10-13(22(19,20)15-12(3)4)11-14(5,9-2)16(6)21(7,17)18/h12-13,15H,8-11H2,1-7H3. The Hall–Kier alpha value is -0.180. The molecule has 22 heavy (non-hydrogen) atoms. The molecule has 0 radical (unpaired) electrons. The molecule has 0 rings (SSSR count). The Labute approximate surface area is 136 Å². The first kappa shape index (κ1) is 21.8. The molecule has 0 aliphatic carbocycles. The second kappa shape index (κ2) is 8.08. The first-order valence-corrected chi connectivity index (χ1v) is 11.1. The van der Waals surface area contributed by atoms with Crippen LogP contribution in [0.25, 0.3) is 0 Å². The van der Waals surface area contributed by atoms with Gasteiger partial charge in [-0.25, -0.2) is 21.6 Å². The maximum atomic E-state index is 12.5. The van der Waals surface area contributed by atoms with Gasteiger partial charge in [0.15, 0.2) is 0 Å². The maximum absolute atomic E-state index is 12.5. The molecule has 0 aromatic carbocycles. The van der Waals surface area contributed by atoms with Crippen molar-refractivity contribution >= 4 is 20.0 Å². The molecule has 0 saturated heterocycles. The summed E-state index contributed by atoms with van der Waals surface area (Å²) in [4.78, 5) is 0. The smallest absolute Gasteiger partial charge is 0.212 e. The Balaban J connectivity index is 5.54. The summed E-state index contributed by atoms with van der Waals surface area (Å²) in [6.45, 7) is 9.18. The van der Waals surface area contributed by atoms with E-state index in [4.69, 9.17) is 0 Å². The largest absolute Gasteiger partial charge is 0.214 e. The van der Waals surface area contributed by atoms with E-state index in [0.29, 0.717) is 12.8 Å². The van der Waals surface area contributed by atoms with E-state index < -0.39 is 30.8 Å². The van der Waals surface area contributed by atoms with Gasteiger partial charge in [0.1, 0.15) is 0 Å². The summed E-state index contributed by atoms with van der Waals surface area (Å²) in [5.41, 5.74) is -0.723. The van der Waals surface area contributed by atoms with Crippen molar-refractivity contribution in [1.82, 2.24) is 9.03 Å². The highest BCUT2D eigenvalue weighted by Crippen LogP contribution is 2.30. The summed E-state index contributed by atoms with van der Waals surface area (Å²) in [6, 6.07) is -0.176. The van der Waals surface area contributed by atoms with Crippen molar-refractivity contribution in [2.75, 3.05) is 13.3 Å². The molecular formula is C14H32N2O4S2. The van der Waals surface area contributed by atoms with Gasteiger partial charge in [0.05, 0.1) is 11.5 Å². The van der Waals surface area contributed by atoms with Gasteiger partial charge in [0, 0.05) is 18.6 Å². The fourth-order valence-corrected chi connectivity index (χ4v) is 5.48. The van der Waals surface area contributed by atoms with Gasteiger partial charge in [0.2, 0.25) is 20.0 Å². The van der Waals surface area contributed by atoms with Gasteiger partial charge in [-0.3, -0.25) is 0 Å². The van der Waals surface area contributed by atoms with Crippen molar-refractivity contribution < 1.29 is 16.8 Å². The molecule has 8 heteroatoms. The van der Waals surface area contributed by atoms with Crippen LogP contribution >= 0.6 is 0 Å². The van der Waals surface area contributed by atoms with Crippen LogP contribution in [0.3, 0.4) is 0 Å². The van der Waals surface area contributed by atoms with Crippen LogP contribution in [0.15, 0.2) is 0 Å². The molecule has 0 amide bonds. The predicted molar refractivity (Wildman–Crippen MR) is 91.8 cm³/mol. The fraction of sp³-hybridized carbons (Fsp3) is 1.00. The number of hydrogen-bond donors (Lipinski definition) is 1. The van der Waals surface area contributed by atoms with E-state index in [9.17, 15) is 16.8 Å². The molecular weight excluding hydrogens is 324 g/mol. The second-order valence-electron chi connectivity index (χ2n) is 6.51. The topological polar surface area (TPSA) is 83.6 Å². The van der Waals surface area contributed by atoms with Crippen LogP contribution in [0.4, 0.5) is 0 Å². The summed E-state index contributed by atoms with van der Waals surface area (Å²) in [6.07, 6.45) is 3.22. The zero-order valence-electron chi connectivity index (χ0n) is 14.9. The van der Waals surface area contributed by atoms with Gasteiger partial charge in [-0.1, -0.05) is 20.3 Å². The molecule has 6 nitrogen and oxygen atoms in total. The van der Waals surface area contributed by atoms with Crippen molar-refractivity contribution in [1.29, 1.82) is 0 Å². The van der Waals surface area contributed by atoms with E-state index in [2.05, 4.69) is 4.72 Å². The van der Waals surface area contributed by atoms with E-state index >= 15 is 0 Å². The van der Waals surface area contributed by atoms with E-state index in [-0.39, 0.29) is 12.5 Å². The Morgan fingerprint density at radius 1 is 1.14 bits per heavy atom. The van der Waals surface area contributed by atoms with Crippen molar-refractivity contribution in [3.63, 3.8) is 0 Å². The summed E-state index contributed by atoms with van der Waals surface area (Å²) in [5, 5.41) is -0.603. The van der Waals surface area contributed by atoms with Gasteiger partial charge < -0.3 is 0 Å². The average molecular weight is 357 g/mol. The quantitative estimate of drug-likeness (QED) is 0.648. The predicted octanol–water partition coefficient (Wildman–Crippen LogP) is 1.93. The second-order valence-corrected chi connectivity index (χ2v) is 10.5. The van der Waals surface area contributed by atoms with Crippen LogP contribution in [0.2, 0.25) is 0 Å². The minimum atomic E-state index is -3.48. The van der Waals surface area contributed by atoms with E-state index in [1.807, 2.05) is 20.8 Å². The molecule has 0 bridgehead atoms. The summed E-state index contributed by atoms with van der Waals surface area (Å²) < 4.78 is 52.7.